The molecule has 2 N–H and O–H groups in total. The van der Waals surface area contributed by atoms with Gasteiger partial charge in [0.2, 0.25) is 5.91 Å². The molecule has 3 nitrogen and oxygen atoms in total. The normalized spacial score (nSPS) is 28.8. The molecule has 0 spiro atoms. The van der Waals surface area contributed by atoms with Crippen LogP contribution in [0.3, 0.4) is 0 Å². The highest BCUT2D eigenvalue weighted by molar-refractivity contribution is 5.79. The maximum atomic E-state index is 13.9. The topological polar surface area (TPSA) is 41.1 Å². The largest absolute Gasteiger partial charge is 0.349 e. The maximum Gasteiger partial charge on any atom is 0.224 e. The highest BCUT2D eigenvalue weighted by Crippen LogP contribution is 2.35. The second-order valence-corrected chi connectivity index (χ2v) is 6.35. The van der Waals surface area contributed by atoms with Gasteiger partial charge in [0.25, 0.3) is 0 Å². The van der Waals surface area contributed by atoms with Crippen LogP contribution in [0.15, 0.2) is 18.2 Å². The van der Waals surface area contributed by atoms with Gasteiger partial charge in [0.15, 0.2) is 0 Å². The van der Waals surface area contributed by atoms with E-state index in [0.717, 1.165) is 49.9 Å². The molecular formula is C17H23FN2O. The van der Waals surface area contributed by atoms with E-state index in [4.69, 9.17) is 0 Å². The Morgan fingerprint density at radius 1 is 1.38 bits per heavy atom. The lowest BCUT2D eigenvalue weighted by Crippen LogP contribution is -2.44. The molecule has 1 aliphatic heterocycles. The van der Waals surface area contributed by atoms with Crippen molar-refractivity contribution in [2.24, 2.45) is 11.8 Å². The van der Waals surface area contributed by atoms with Gasteiger partial charge in [-0.2, -0.15) is 0 Å². The molecule has 1 heterocycles. The van der Waals surface area contributed by atoms with Crippen LogP contribution in [0.1, 0.15) is 43.4 Å². The van der Waals surface area contributed by atoms with E-state index in [0.29, 0.717) is 5.92 Å². The van der Waals surface area contributed by atoms with E-state index >= 15 is 0 Å². The maximum absolute atomic E-state index is 13.9. The fraction of sp³-hybridized carbons (Fsp3) is 0.588. The first kappa shape index (κ1) is 14.5. The molecule has 1 amide bonds. The van der Waals surface area contributed by atoms with Gasteiger partial charge in [-0.3, -0.25) is 4.79 Å². The molecule has 1 fully saturated rings. The predicted molar refractivity (Wildman–Crippen MR) is 80.4 cm³/mol. The minimum atomic E-state index is -0.141. The molecule has 0 bridgehead atoms. The molecule has 114 valence electrons. The van der Waals surface area contributed by atoms with Crippen molar-refractivity contribution >= 4 is 5.91 Å². The number of hydrogen-bond donors (Lipinski definition) is 2. The van der Waals surface area contributed by atoms with Crippen molar-refractivity contribution in [2.45, 2.75) is 38.6 Å². The number of hydrogen-bond acceptors (Lipinski definition) is 2. The van der Waals surface area contributed by atoms with Crippen LogP contribution < -0.4 is 10.6 Å². The molecule has 1 aromatic carbocycles. The van der Waals surface area contributed by atoms with Crippen LogP contribution in [0.25, 0.3) is 0 Å². The van der Waals surface area contributed by atoms with Crippen LogP contribution in [0.4, 0.5) is 4.39 Å². The lowest BCUT2D eigenvalue weighted by Gasteiger charge is -2.34. The Balaban J connectivity index is 1.78. The van der Waals surface area contributed by atoms with Gasteiger partial charge < -0.3 is 10.6 Å². The molecule has 1 aromatic rings. The summed E-state index contributed by atoms with van der Waals surface area (Å²) in [5.74, 6) is 0.360. The Morgan fingerprint density at radius 2 is 2.24 bits per heavy atom. The Hall–Kier alpha value is -1.42. The summed E-state index contributed by atoms with van der Waals surface area (Å²) in [5.41, 5.74) is 1.74. The smallest absolute Gasteiger partial charge is 0.224 e. The van der Waals surface area contributed by atoms with Crippen LogP contribution in [-0.4, -0.2) is 19.0 Å². The molecule has 0 saturated carbocycles. The number of amides is 1. The fourth-order valence-corrected chi connectivity index (χ4v) is 3.54. The molecule has 1 aliphatic carbocycles. The number of nitrogens with one attached hydrogen (secondary N) is 2. The SMILES string of the molecule is CC1CCc2c(F)cccc2C1NC(=O)C1CCCNC1. The van der Waals surface area contributed by atoms with E-state index in [9.17, 15) is 9.18 Å². The zero-order valence-corrected chi connectivity index (χ0v) is 12.5. The molecule has 3 atom stereocenters. The van der Waals surface area contributed by atoms with Crippen molar-refractivity contribution in [1.29, 1.82) is 0 Å². The summed E-state index contributed by atoms with van der Waals surface area (Å²) in [6, 6.07) is 5.16. The molecule has 1 saturated heterocycles. The Morgan fingerprint density at radius 3 is 3.00 bits per heavy atom. The third-order valence-electron chi connectivity index (χ3n) is 4.87. The molecule has 21 heavy (non-hydrogen) atoms. The van der Waals surface area contributed by atoms with Crippen LogP contribution in [0.5, 0.6) is 0 Å². The minimum Gasteiger partial charge on any atom is -0.349 e. The highest BCUT2D eigenvalue weighted by atomic mass is 19.1. The number of benzene rings is 1. The Kier molecular flexibility index (Phi) is 4.24. The first-order valence-electron chi connectivity index (χ1n) is 7.95. The lowest BCUT2D eigenvalue weighted by molar-refractivity contribution is -0.126. The minimum absolute atomic E-state index is 0.0462. The number of fused-ring (bicyclic) bond motifs is 1. The first-order valence-corrected chi connectivity index (χ1v) is 7.95. The first-order chi connectivity index (χ1) is 10.2. The molecule has 3 unspecified atom stereocenters. The van der Waals surface area contributed by atoms with Crippen LogP contribution in [0.2, 0.25) is 0 Å². The van der Waals surface area contributed by atoms with Crippen LogP contribution >= 0.6 is 0 Å². The average molecular weight is 290 g/mol. The standard InChI is InChI=1S/C17H23FN2O/c1-11-7-8-13-14(5-2-6-15(13)18)16(11)20-17(21)12-4-3-9-19-10-12/h2,5-6,11-12,16,19H,3-4,7-10H2,1H3,(H,20,21). The summed E-state index contributed by atoms with van der Waals surface area (Å²) in [7, 11) is 0. The monoisotopic (exact) mass is 290 g/mol. The second-order valence-electron chi connectivity index (χ2n) is 6.35. The van der Waals surface area contributed by atoms with E-state index < -0.39 is 0 Å². The number of halogens is 1. The van der Waals surface area contributed by atoms with Gasteiger partial charge in [-0.1, -0.05) is 19.1 Å². The lowest BCUT2D eigenvalue weighted by atomic mass is 9.80. The average Bonchev–Trinajstić information content (AvgIpc) is 2.51. The van der Waals surface area contributed by atoms with Crippen LogP contribution in [-0.2, 0) is 11.2 Å². The number of rotatable bonds is 2. The van der Waals surface area contributed by atoms with Crippen molar-refractivity contribution in [3.63, 3.8) is 0 Å². The number of piperidine rings is 1. The molecule has 4 heteroatoms. The zero-order valence-electron chi connectivity index (χ0n) is 12.5. The fourth-order valence-electron chi connectivity index (χ4n) is 3.54. The van der Waals surface area contributed by atoms with Crippen molar-refractivity contribution in [1.82, 2.24) is 10.6 Å². The third-order valence-corrected chi connectivity index (χ3v) is 4.87. The van der Waals surface area contributed by atoms with E-state index in [1.165, 1.54) is 6.07 Å². The van der Waals surface area contributed by atoms with E-state index in [-0.39, 0.29) is 23.7 Å². The third kappa shape index (κ3) is 2.95. The van der Waals surface area contributed by atoms with E-state index in [1.807, 2.05) is 6.07 Å². The zero-order chi connectivity index (χ0) is 14.8. The van der Waals surface area contributed by atoms with E-state index in [1.54, 1.807) is 6.07 Å². The van der Waals surface area contributed by atoms with E-state index in [2.05, 4.69) is 17.6 Å². The summed E-state index contributed by atoms with van der Waals surface area (Å²) in [4.78, 5) is 12.5. The molecule has 2 aliphatic rings. The molecule has 0 aromatic heterocycles. The predicted octanol–water partition coefficient (Wildman–Crippen LogP) is 2.56. The van der Waals surface area contributed by atoms with Crippen molar-refractivity contribution in [3.8, 4) is 0 Å². The quantitative estimate of drug-likeness (QED) is 0.879. The van der Waals surface area contributed by atoms with Crippen molar-refractivity contribution in [2.75, 3.05) is 13.1 Å². The van der Waals surface area contributed by atoms with Gasteiger partial charge in [0.1, 0.15) is 5.82 Å². The molecule has 3 rings (SSSR count). The van der Waals surface area contributed by atoms with Gasteiger partial charge in [-0.15, -0.1) is 0 Å². The summed E-state index contributed by atoms with van der Waals surface area (Å²) >= 11 is 0. The highest BCUT2D eigenvalue weighted by Gasteiger charge is 2.31. The van der Waals surface area contributed by atoms with Gasteiger partial charge in [0, 0.05) is 6.54 Å². The Bertz CT molecular complexity index is 526. The summed E-state index contributed by atoms with van der Waals surface area (Å²) in [6.45, 7) is 3.89. The second kappa shape index (κ2) is 6.14. The van der Waals surface area contributed by atoms with Crippen LogP contribution in [0, 0.1) is 17.7 Å². The number of carbonyl (C=O) groups excluding carboxylic acids is 1. The van der Waals surface area contributed by atoms with Gasteiger partial charge in [0.05, 0.1) is 12.0 Å². The van der Waals surface area contributed by atoms with Gasteiger partial charge in [-0.05, 0) is 55.3 Å². The van der Waals surface area contributed by atoms with Gasteiger partial charge in [-0.25, -0.2) is 4.39 Å². The molecule has 0 radical (unpaired) electrons. The summed E-state index contributed by atoms with van der Waals surface area (Å²) in [5, 5.41) is 6.45. The van der Waals surface area contributed by atoms with Crippen molar-refractivity contribution < 1.29 is 9.18 Å². The van der Waals surface area contributed by atoms with Crippen molar-refractivity contribution in [3.05, 3.63) is 35.1 Å². The van der Waals surface area contributed by atoms with Gasteiger partial charge >= 0.3 is 0 Å². The summed E-state index contributed by atoms with van der Waals surface area (Å²) in [6.07, 6.45) is 3.67. The Labute approximate surface area is 125 Å². The number of carbonyl (C=O) groups is 1. The molecular weight excluding hydrogens is 267 g/mol. The summed E-state index contributed by atoms with van der Waals surface area (Å²) < 4.78 is 13.9.